The van der Waals surface area contributed by atoms with Gasteiger partial charge in [0, 0.05) is 17.6 Å². The molecule has 0 saturated carbocycles. The van der Waals surface area contributed by atoms with E-state index in [1.54, 1.807) is 0 Å². The molecule has 0 fully saturated rings. The fraction of sp³-hybridized carbons (Fsp3) is 0.667. The Labute approximate surface area is 261 Å². The first kappa shape index (κ1) is 37.2. The van der Waals surface area contributed by atoms with Crippen LogP contribution in [-0.4, -0.2) is 40.5 Å². The van der Waals surface area contributed by atoms with Gasteiger partial charge in [0.2, 0.25) is 23.1 Å². The number of hydrogen-bond acceptors (Lipinski definition) is 7. The van der Waals surface area contributed by atoms with Crippen LogP contribution < -0.4 is 27.0 Å². The lowest BCUT2D eigenvalue weighted by molar-refractivity contribution is -0.147. The predicted octanol–water partition coefficient (Wildman–Crippen LogP) is 5.44. The van der Waals surface area contributed by atoms with Crippen LogP contribution in [-0.2, 0) is 14.4 Å². The fourth-order valence-electron chi connectivity index (χ4n) is 5.57. The minimum atomic E-state index is -2.19. The van der Waals surface area contributed by atoms with E-state index in [2.05, 4.69) is 17.6 Å². The molecule has 1 heterocycles. The second-order valence-electron chi connectivity index (χ2n) is 11.9. The van der Waals surface area contributed by atoms with Gasteiger partial charge in [0.05, 0.1) is 0 Å². The number of anilines is 2. The van der Waals surface area contributed by atoms with Gasteiger partial charge in [0.25, 0.3) is 0 Å². The van der Waals surface area contributed by atoms with Crippen LogP contribution in [0.4, 0.5) is 15.8 Å². The molecule has 0 aliphatic carbocycles. The van der Waals surface area contributed by atoms with E-state index in [1.165, 1.54) is 101 Å². The van der Waals surface area contributed by atoms with Crippen LogP contribution >= 0.6 is 0 Å². The summed E-state index contributed by atoms with van der Waals surface area (Å²) in [5.74, 6) is -3.99. The zero-order valence-electron chi connectivity index (χ0n) is 26.4. The summed E-state index contributed by atoms with van der Waals surface area (Å²) in [6.45, 7) is 2.25. The lowest BCUT2D eigenvalue weighted by atomic mass is 9.79. The first-order valence-electron chi connectivity index (χ1n) is 16.4. The zero-order valence-corrected chi connectivity index (χ0v) is 26.4. The molecule has 8 N–H and O–H groups in total. The number of hydrogen-bond donors (Lipinski definition) is 6. The van der Waals surface area contributed by atoms with Gasteiger partial charge in [-0.3, -0.25) is 14.4 Å². The van der Waals surface area contributed by atoms with Gasteiger partial charge < -0.3 is 31.9 Å². The Morgan fingerprint density at radius 3 is 1.66 bits per heavy atom. The quantitative estimate of drug-likeness (QED) is 0.0699. The van der Waals surface area contributed by atoms with Crippen molar-refractivity contribution >= 4 is 29.1 Å². The van der Waals surface area contributed by atoms with E-state index < -0.39 is 41.5 Å². The molecule has 2 unspecified atom stereocenters. The molecule has 11 heteroatoms. The normalized spacial score (nSPS) is 16.9. The van der Waals surface area contributed by atoms with Crippen LogP contribution in [0.3, 0.4) is 0 Å². The molecule has 2 atom stereocenters. The van der Waals surface area contributed by atoms with Gasteiger partial charge in [-0.05, 0) is 30.7 Å². The van der Waals surface area contributed by atoms with Crippen molar-refractivity contribution in [1.82, 2.24) is 5.32 Å². The Balaban J connectivity index is 1.71. The van der Waals surface area contributed by atoms with E-state index in [0.29, 0.717) is 12.1 Å². The molecule has 1 aliphatic heterocycles. The average molecular weight is 620 g/mol. The number of amides is 3. The van der Waals surface area contributed by atoms with Gasteiger partial charge >= 0.3 is 0 Å². The number of carbonyl (C=O) groups is 3. The maximum Gasteiger partial charge on any atom is 0.249 e. The summed E-state index contributed by atoms with van der Waals surface area (Å²) in [6.07, 6.45) is 18.0. The monoisotopic (exact) mass is 619 g/mol. The van der Waals surface area contributed by atoms with Crippen LogP contribution in [0.25, 0.3) is 0 Å². The number of aliphatic hydroxyl groups excluding tert-OH is 2. The summed E-state index contributed by atoms with van der Waals surface area (Å²) >= 11 is 0. The van der Waals surface area contributed by atoms with E-state index in [-0.39, 0.29) is 12.1 Å². The van der Waals surface area contributed by atoms with Crippen molar-refractivity contribution in [2.45, 2.75) is 135 Å². The standard InChI is InChI=1S/C33H54FN5O5/c1-2-3-4-5-6-7-8-9-10-11-12-13-14-15-16-17-18-23-33(29(35)41,30(36)42)31(43)37-25-19-21-26(22-20-25)39-24-27(34)28(40)38-32(39)44/h19-22,24,28,32,38,40,44H,2-18,23H2,1H3,(H2,35,41)(H2,36,42)(H,37,43). The zero-order chi connectivity index (χ0) is 32.4. The second-order valence-corrected chi connectivity index (χ2v) is 11.9. The van der Waals surface area contributed by atoms with E-state index in [0.717, 1.165) is 36.8 Å². The summed E-state index contributed by atoms with van der Waals surface area (Å²) in [4.78, 5) is 39.1. The Bertz CT molecular complexity index is 1040. The third-order valence-electron chi connectivity index (χ3n) is 8.40. The van der Waals surface area contributed by atoms with Gasteiger partial charge in [-0.2, -0.15) is 0 Å². The minimum absolute atomic E-state index is 0.0851. The number of aliphatic hydroxyl groups is 2. The van der Waals surface area contributed by atoms with Crippen molar-refractivity contribution in [3.05, 3.63) is 36.3 Å². The summed E-state index contributed by atoms with van der Waals surface area (Å²) in [5.41, 5.74) is 9.52. The molecule has 0 spiro atoms. The number of nitrogens with two attached hydrogens (primary N) is 2. The fourth-order valence-corrected chi connectivity index (χ4v) is 5.57. The number of halogens is 1. The number of carbonyl (C=O) groups excluding carboxylic acids is 3. The maximum absolute atomic E-state index is 13.8. The topological polar surface area (TPSA) is 171 Å². The Hall–Kier alpha value is -3.02. The number of primary amides is 2. The number of nitrogens with one attached hydrogen (secondary N) is 2. The SMILES string of the molecule is CCCCCCCCCCCCCCCCCCCC(C(N)=O)(C(N)=O)C(=O)Nc1ccc(N2C=C(F)C(O)NC2O)cc1. The first-order chi connectivity index (χ1) is 21.1. The molecular weight excluding hydrogens is 565 g/mol. The molecule has 2 rings (SSSR count). The molecular formula is C33H54FN5O5. The molecule has 248 valence electrons. The van der Waals surface area contributed by atoms with Crippen LogP contribution in [0.1, 0.15) is 122 Å². The van der Waals surface area contributed by atoms with Crippen molar-refractivity contribution < 1.29 is 29.0 Å². The van der Waals surface area contributed by atoms with Gasteiger partial charge in [-0.15, -0.1) is 0 Å². The molecule has 0 radical (unpaired) electrons. The van der Waals surface area contributed by atoms with Gasteiger partial charge in [-0.25, -0.2) is 9.71 Å². The van der Waals surface area contributed by atoms with Gasteiger partial charge in [-0.1, -0.05) is 116 Å². The highest BCUT2D eigenvalue weighted by Gasteiger charge is 2.49. The first-order valence-corrected chi connectivity index (χ1v) is 16.4. The van der Waals surface area contributed by atoms with Crippen molar-refractivity contribution in [2.75, 3.05) is 10.2 Å². The molecule has 1 aromatic carbocycles. The summed E-state index contributed by atoms with van der Waals surface area (Å²) in [6, 6.07) is 5.88. The van der Waals surface area contributed by atoms with Crippen LogP contribution in [0.15, 0.2) is 36.3 Å². The van der Waals surface area contributed by atoms with Crippen molar-refractivity contribution in [3.8, 4) is 0 Å². The van der Waals surface area contributed by atoms with Crippen LogP contribution in [0.2, 0.25) is 0 Å². The Kier molecular flexibility index (Phi) is 17.0. The lowest BCUT2D eigenvalue weighted by Gasteiger charge is -2.33. The molecule has 0 bridgehead atoms. The molecule has 44 heavy (non-hydrogen) atoms. The summed E-state index contributed by atoms with van der Waals surface area (Å²) in [7, 11) is 0. The molecule has 1 aliphatic rings. The van der Waals surface area contributed by atoms with E-state index >= 15 is 0 Å². The van der Waals surface area contributed by atoms with E-state index in [9.17, 15) is 29.0 Å². The average Bonchev–Trinajstić information content (AvgIpc) is 2.98. The molecule has 10 nitrogen and oxygen atoms in total. The number of unbranched alkanes of at least 4 members (excludes halogenated alkanes) is 16. The van der Waals surface area contributed by atoms with E-state index in [4.69, 9.17) is 11.5 Å². The van der Waals surface area contributed by atoms with Crippen molar-refractivity contribution in [3.63, 3.8) is 0 Å². The predicted molar refractivity (Wildman–Crippen MR) is 171 cm³/mol. The molecule has 3 amide bonds. The van der Waals surface area contributed by atoms with Crippen LogP contribution in [0.5, 0.6) is 0 Å². The third kappa shape index (κ3) is 11.8. The largest absolute Gasteiger partial charge is 0.372 e. The van der Waals surface area contributed by atoms with Crippen molar-refractivity contribution in [2.24, 2.45) is 16.9 Å². The number of rotatable bonds is 23. The third-order valence-corrected chi connectivity index (χ3v) is 8.40. The lowest BCUT2D eigenvalue weighted by Crippen LogP contribution is -2.55. The highest BCUT2D eigenvalue weighted by atomic mass is 19.1. The van der Waals surface area contributed by atoms with Crippen LogP contribution in [0, 0.1) is 5.41 Å². The number of benzene rings is 1. The number of nitrogens with zero attached hydrogens (tertiary/aromatic N) is 1. The molecule has 1 aromatic rings. The van der Waals surface area contributed by atoms with Gasteiger partial charge in [0.15, 0.2) is 18.4 Å². The van der Waals surface area contributed by atoms with Crippen molar-refractivity contribution in [1.29, 1.82) is 0 Å². The molecule has 0 saturated heterocycles. The highest BCUT2D eigenvalue weighted by Crippen LogP contribution is 2.29. The van der Waals surface area contributed by atoms with Gasteiger partial charge in [0.1, 0.15) is 0 Å². The van der Waals surface area contributed by atoms with E-state index in [1.807, 2.05) is 0 Å². The highest BCUT2D eigenvalue weighted by molar-refractivity contribution is 6.24. The summed E-state index contributed by atoms with van der Waals surface area (Å²) in [5, 5.41) is 24.3. The second kappa shape index (κ2) is 20.1. The maximum atomic E-state index is 13.8. The molecule has 0 aromatic heterocycles. The smallest absolute Gasteiger partial charge is 0.249 e. The Morgan fingerprint density at radius 2 is 1.23 bits per heavy atom. The summed E-state index contributed by atoms with van der Waals surface area (Å²) < 4.78 is 13.8. The minimum Gasteiger partial charge on any atom is -0.372 e. The Morgan fingerprint density at radius 1 is 0.795 bits per heavy atom.